The predicted molar refractivity (Wildman–Crippen MR) is 121 cm³/mol. The summed E-state index contributed by atoms with van der Waals surface area (Å²) in [6.07, 6.45) is 2.94. The molecule has 2 aromatic heterocycles. The number of esters is 2. The van der Waals surface area contributed by atoms with Crippen molar-refractivity contribution >= 4 is 22.8 Å². The first-order chi connectivity index (χ1) is 15.6. The molecule has 0 unspecified atom stereocenters. The number of furan rings is 1. The van der Waals surface area contributed by atoms with Crippen molar-refractivity contribution in [2.45, 2.75) is 13.0 Å². The van der Waals surface area contributed by atoms with Crippen molar-refractivity contribution in [2.24, 2.45) is 0 Å². The molecule has 4 aromatic rings. The number of carbonyl (C=O) groups is 2. The third-order valence-electron chi connectivity index (χ3n) is 5.27. The van der Waals surface area contributed by atoms with Gasteiger partial charge in [0, 0.05) is 22.7 Å². The Hall–Kier alpha value is -3.84. The van der Waals surface area contributed by atoms with Crippen molar-refractivity contribution in [2.75, 3.05) is 20.8 Å². The van der Waals surface area contributed by atoms with Crippen LogP contribution in [0.1, 0.15) is 32.0 Å². The lowest BCUT2D eigenvalue weighted by atomic mass is 10.0. The molecule has 2 aromatic carbocycles. The summed E-state index contributed by atoms with van der Waals surface area (Å²) in [6.45, 7) is 1.35. The highest BCUT2D eigenvalue weighted by Crippen LogP contribution is 2.26. The standard InChI is InChI=1S/C25H24N2O5/c1-30-24(28)18-11-17(12-19(13-18)25(29)31-2)23-8-7-20(32-23)15-26-10-9-16-14-27-22-6-4-3-5-21(16)22/h3-8,11-14,26-27H,9-10,15H2,1-2H3. The van der Waals surface area contributed by atoms with Crippen LogP contribution in [0, 0.1) is 0 Å². The maximum Gasteiger partial charge on any atom is 0.337 e. The lowest BCUT2D eigenvalue weighted by molar-refractivity contribution is 0.0599. The van der Waals surface area contributed by atoms with E-state index in [2.05, 4.69) is 22.4 Å². The monoisotopic (exact) mass is 432 g/mol. The minimum absolute atomic E-state index is 0.250. The fourth-order valence-electron chi connectivity index (χ4n) is 3.64. The van der Waals surface area contributed by atoms with Crippen LogP contribution in [0.25, 0.3) is 22.2 Å². The number of aromatic amines is 1. The van der Waals surface area contributed by atoms with Gasteiger partial charge in [-0.3, -0.25) is 0 Å². The number of H-pyrrole nitrogens is 1. The summed E-state index contributed by atoms with van der Waals surface area (Å²) >= 11 is 0. The molecular formula is C25H24N2O5. The summed E-state index contributed by atoms with van der Waals surface area (Å²) in [6, 6.07) is 16.6. The number of aromatic nitrogens is 1. The summed E-state index contributed by atoms with van der Waals surface area (Å²) in [5.74, 6) is 0.224. The van der Waals surface area contributed by atoms with Gasteiger partial charge in [0.1, 0.15) is 11.5 Å². The van der Waals surface area contributed by atoms with E-state index in [-0.39, 0.29) is 11.1 Å². The van der Waals surface area contributed by atoms with Crippen LogP contribution < -0.4 is 5.32 Å². The minimum atomic E-state index is -0.539. The first-order valence-corrected chi connectivity index (χ1v) is 10.3. The van der Waals surface area contributed by atoms with Crippen LogP contribution in [-0.2, 0) is 22.4 Å². The normalized spacial score (nSPS) is 10.9. The van der Waals surface area contributed by atoms with Gasteiger partial charge in [-0.05, 0) is 54.9 Å². The zero-order chi connectivity index (χ0) is 22.5. The van der Waals surface area contributed by atoms with E-state index in [4.69, 9.17) is 13.9 Å². The number of ether oxygens (including phenoxy) is 2. The molecule has 0 radical (unpaired) electrons. The Balaban J connectivity index is 1.43. The number of nitrogens with one attached hydrogen (secondary N) is 2. The number of hydrogen-bond donors (Lipinski definition) is 2. The quantitative estimate of drug-likeness (QED) is 0.318. The first-order valence-electron chi connectivity index (χ1n) is 10.3. The van der Waals surface area contributed by atoms with E-state index in [1.54, 1.807) is 12.1 Å². The Labute approximate surface area is 185 Å². The van der Waals surface area contributed by atoms with E-state index in [9.17, 15) is 9.59 Å². The topological polar surface area (TPSA) is 93.6 Å². The van der Waals surface area contributed by atoms with Gasteiger partial charge in [-0.25, -0.2) is 9.59 Å². The highest BCUT2D eigenvalue weighted by molar-refractivity contribution is 5.97. The highest BCUT2D eigenvalue weighted by atomic mass is 16.5. The number of fused-ring (bicyclic) bond motifs is 1. The number of methoxy groups -OCH3 is 2. The van der Waals surface area contributed by atoms with Crippen LogP contribution in [0.2, 0.25) is 0 Å². The maximum atomic E-state index is 12.0. The van der Waals surface area contributed by atoms with Gasteiger partial charge >= 0.3 is 11.9 Å². The number of para-hydroxylation sites is 1. The summed E-state index contributed by atoms with van der Waals surface area (Å²) in [7, 11) is 2.58. The van der Waals surface area contributed by atoms with Crippen molar-refractivity contribution in [1.82, 2.24) is 10.3 Å². The second kappa shape index (κ2) is 9.53. The van der Waals surface area contributed by atoms with Gasteiger partial charge in [-0.1, -0.05) is 18.2 Å². The van der Waals surface area contributed by atoms with Gasteiger partial charge in [0.05, 0.1) is 31.9 Å². The van der Waals surface area contributed by atoms with E-state index in [1.807, 2.05) is 30.5 Å². The van der Waals surface area contributed by atoms with Crippen molar-refractivity contribution < 1.29 is 23.5 Å². The molecule has 4 rings (SSSR count). The number of benzene rings is 2. The van der Waals surface area contributed by atoms with Crippen LogP contribution in [0.5, 0.6) is 0 Å². The number of carbonyl (C=O) groups excluding carboxylic acids is 2. The van der Waals surface area contributed by atoms with E-state index >= 15 is 0 Å². The third-order valence-corrected chi connectivity index (χ3v) is 5.27. The van der Waals surface area contributed by atoms with Gasteiger partial charge in [0.15, 0.2) is 0 Å². The molecule has 164 valence electrons. The maximum absolute atomic E-state index is 12.0. The molecule has 0 spiro atoms. The molecule has 0 aliphatic carbocycles. The fourth-order valence-corrected chi connectivity index (χ4v) is 3.64. The molecule has 0 aliphatic heterocycles. The number of hydrogen-bond acceptors (Lipinski definition) is 6. The van der Waals surface area contributed by atoms with Crippen molar-refractivity contribution in [1.29, 1.82) is 0 Å². The molecule has 0 saturated heterocycles. The second-order valence-electron chi connectivity index (χ2n) is 7.33. The van der Waals surface area contributed by atoms with Gasteiger partial charge in [-0.15, -0.1) is 0 Å². The zero-order valence-corrected chi connectivity index (χ0v) is 17.9. The van der Waals surface area contributed by atoms with E-state index in [1.165, 1.54) is 31.2 Å². The SMILES string of the molecule is COC(=O)c1cc(C(=O)OC)cc(-c2ccc(CNCCc3c[nH]c4ccccc34)o2)c1. The predicted octanol–water partition coefficient (Wildman–Crippen LogP) is 4.33. The fraction of sp³-hybridized carbons (Fsp3) is 0.200. The van der Waals surface area contributed by atoms with Crippen LogP contribution in [0.4, 0.5) is 0 Å². The Morgan fingerprint density at radius 3 is 2.41 bits per heavy atom. The lowest BCUT2D eigenvalue weighted by Crippen LogP contribution is -2.16. The Morgan fingerprint density at radius 1 is 0.969 bits per heavy atom. The Morgan fingerprint density at radius 2 is 1.69 bits per heavy atom. The van der Waals surface area contributed by atoms with Crippen LogP contribution >= 0.6 is 0 Å². The number of rotatable bonds is 8. The summed E-state index contributed by atoms with van der Waals surface area (Å²) in [5.41, 5.74) is 3.50. The molecule has 7 heteroatoms. The molecule has 7 nitrogen and oxygen atoms in total. The molecule has 2 N–H and O–H groups in total. The molecular weight excluding hydrogens is 408 g/mol. The Kier molecular flexibility index (Phi) is 6.37. The summed E-state index contributed by atoms with van der Waals surface area (Å²) in [4.78, 5) is 27.3. The molecule has 0 aliphatic rings. The molecule has 2 heterocycles. The molecule has 0 atom stereocenters. The Bertz CT molecular complexity index is 1220. The van der Waals surface area contributed by atoms with Crippen LogP contribution in [-0.4, -0.2) is 37.7 Å². The van der Waals surface area contributed by atoms with Crippen LogP contribution in [0.15, 0.2) is 65.2 Å². The van der Waals surface area contributed by atoms with Gasteiger partial charge in [0.25, 0.3) is 0 Å². The first kappa shape index (κ1) is 21.4. The van der Waals surface area contributed by atoms with E-state index in [0.717, 1.165) is 24.2 Å². The van der Waals surface area contributed by atoms with Crippen molar-refractivity contribution in [3.63, 3.8) is 0 Å². The average molecular weight is 432 g/mol. The van der Waals surface area contributed by atoms with Crippen molar-refractivity contribution in [3.05, 3.63) is 83.2 Å². The smallest absolute Gasteiger partial charge is 0.337 e. The zero-order valence-electron chi connectivity index (χ0n) is 17.9. The highest BCUT2D eigenvalue weighted by Gasteiger charge is 2.16. The van der Waals surface area contributed by atoms with Gasteiger partial charge in [0.2, 0.25) is 0 Å². The molecule has 0 saturated carbocycles. The largest absolute Gasteiger partial charge is 0.465 e. The van der Waals surface area contributed by atoms with Crippen LogP contribution in [0.3, 0.4) is 0 Å². The summed E-state index contributed by atoms with van der Waals surface area (Å²) in [5, 5.41) is 4.63. The second-order valence-corrected chi connectivity index (χ2v) is 7.33. The molecule has 32 heavy (non-hydrogen) atoms. The van der Waals surface area contributed by atoms with Gasteiger partial charge in [-0.2, -0.15) is 0 Å². The third kappa shape index (κ3) is 4.58. The molecule has 0 amide bonds. The van der Waals surface area contributed by atoms with Crippen molar-refractivity contribution in [3.8, 4) is 11.3 Å². The molecule has 0 bridgehead atoms. The van der Waals surface area contributed by atoms with E-state index in [0.29, 0.717) is 17.9 Å². The van der Waals surface area contributed by atoms with Gasteiger partial charge < -0.3 is 24.2 Å². The minimum Gasteiger partial charge on any atom is -0.465 e. The molecule has 0 fully saturated rings. The summed E-state index contributed by atoms with van der Waals surface area (Å²) < 4.78 is 15.5. The van der Waals surface area contributed by atoms with E-state index < -0.39 is 11.9 Å². The lowest BCUT2D eigenvalue weighted by Gasteiger charge is -2.07. The average Bonchev–Trinajstić information content (AvgIpc) is 3.48.